The molecule has 0 spiro atoms. The number of ether oxygens (including phenoxy) is 1. The van der Waals surface area contributed by atoms with Gasteiger partial charge in [0.25, 0.3) is 0 Å². The van der Waals surface area contributed by atoms with Gasteiger partial charge in [-0.15, -0.1) is 0 Å². The molecule has 10 heteroatoms. The first-order valence-corrected chi connectivity index (χ1v) is 13.3. The molecular weight excluding hydrogens is 442 g/mol. The lowest BCUT2D eigenvalue weighted by atomic mass is 9.96. The van der Waals surface area contributed by atoms with E-state index < -0.39 is 12.0 Å². The Labute approximate surface area is 200 Å². The SMILES string of the molecule is CC[C@H]1CCN(C[C@@H]2CCCN2C(=O)Cc2cnc[nH]2)[C@@H]1C(=O)N[C@@H](CCSC)C(=O)OC. The number of carbonyl (C=O) groups excluding carboxylic acids is 3. The molecule has 2 aliphatic rings. The third kappa shape index (κ3) is 6.50. The van der Waals surface area contributed by atoms with Gasteiger partial charge in [-0.2, -0.15) is 11.8 Å². The van der Waals surface area contributed by atoms with Gasteiger partial charge in [0.1, 0.15) is 6.04 Å². The van der Waals surface area contributed by atoms with Crippen molar-refractivity contribution < 1.29 is 19.1 Å². The second-order valence-electron chi connectivity index (χ2n) is 8.90. The van der Waals surface area contributed by atoms with Gasteiger partial charge < -0.3 is 19.9 Å². The average Bonchev–Trinajstić information content (AvgIpc) is 3.57. The number of imidazole rings is 1. The molecule has 9 nitrogen and oxygen atoms in total. The number of nitrogens with one attached hydrogen (secondary N) is 2. The summed E-state index contributed by atoms with van der Waals surface area (Å²) in [5.74, 6) is 0.586. The summed E-state index contributed by atoms with van der Waals surface area (Å²) >= 11 is 1.63. The van der Waals surface area contributed by atoms with Gasteiger partial charge in [0.2, 0.25) is 11.8 Å². The van der Waals surface area contributed by atoms with Crippen molar-refractivity contribution in [3.05, 3.63) is 18.2 Å². The molecule has 0 aliphatic carbocycles. The first-order chi connectivity index (χ1) is 16.0. The van der Waals surface area contributed by atoms with E-state index in [-0.39, 0.29) is 29.8 Å². The fourth-order valence-electron chi connectivity index (χ4n) is 5.09. The number of amides is 2. The van der Waals surface area contributed by atoms with E-state index >= 15 is 0 Å². The Kier molecular flexibility index (Phi) is 9.61. The molecule has 0 bridgehead atoms. The first kappa shape index (κ1) is 25.6. The van der Waals surface area contributed by atoms with Crippen molar-refractivity contribution in [2.45, 2.75) is 63.6 Å². The van der Waals surface area contributed by atoms with Crippen LogP contribution in [0.2, 0.25) is 0 Å². The second-order valence-corrected chi connectivity index (χ2v) is 9.88. The zero-order valence-electron chi connectivity index (χ0n) is 19.9. The summed E-state index contributed by atoms with van der Waals surface area (Å²) in [5, 5.41) is 2.97. The predicted octanol–water partition coefficient (Wildman–Crippen LogP) is 1.45. The number of hydrogen-bond acceptors (Lipinski definition) is 7. The summed E-state index contributed by atoms with van der Waals surface area (Å²) in [6, 6.07) is -0.824. The molecule has 0 unspecified atom stereocenters. The Morgan fingerprint density at radius 3 is 2.82 bits per heavy atom. The molecule has 1 aromatic rings. The largest absolute Gasteiger partial charge is 0.467 e. The standard InChI is InChI=1S/C23H37N5O4S/c1-4-16-7-10-27(21(16)22(30)26-19(8-11-33-3)23(31)32-2)14-18-6-5-9-28(18)20(29)12-17-13-24-15-25-17/h13,15-16,18-19,21H,4-12,14H2,1-3H3,(H,24,25)(H,26,30)/t16-,18-,19-,21-/m0/s1. The highest BCUT2D eigenvalue weighted by molar-refractivity contribution is 7.98. The monoisotopic (exact) mass is 479 g/mol. The fraction of sp³-hybridized carbons (Fsp3) is 0.739. The van der Waals surface area contributed by atoms with E-state index in [2.05, 4.69) is 27.1 Å². The van der Waals surface area contributed by atoms with E-state index in [0.717, 1.165) is 50.2 Å². The third-order valence-electron chi connectivity index (χ3n) is 6.87. The highest BCUT2D eigenvalue weighted by Gasteiger charge is 2.42. The molecule has 3 heterocycles. The molecule has 0 aromatic carbocycles. The number of likely N-dealkylation sites (tertiary alicyclic amines) is 2. The molecule has 184 valence electrons. The molecule has 3 rings (SSSR count). The molecule has 1 aromatic heterocycles. The zero-order chi connectivity index (χ0) is 23.8. The van der Waals surface area contributed by atoms with Crippen LogP contribution >= 0.6 is 11.8 Å². The molecule has 2 N–H and O–H groups in total. The number of hydrogen-bond donors (Lipinski definition) is 2. The van der Waals surface area contributed by atoms with E-state index in [9.17, 15) is 14.4 Å². The molecule has 0 radical (unpaired) electrons. The van der Waals surface area contributed by atoms with Crippen LogP contribution in [0.4, 0.5) is 0 Å². The molecule has 2 fully saturated rings. The molecule has 2 saturated heterocycles. The number of methoxy groups -OCH3 is 1. The van der Waals surface area contributed by atoms with E-state index in [1.165, 1.54) is 7.11 Å². The van der Waals surface area contributed by atoms with E-state index in [1.54, 1.807) is 24.3 Å². The summed E-state index contributed by atoms with van der Waals surface area (Å²) < 4.78 is 4.92. The van der Waals surface area contributed by atoms with Crippen LogP contribution in [0.1, 0.15) is 44.7 Å². The number of rotatable bonds is 11. The Morgan fingerprint density at radius 2 is 2.15 bits per heavy atom. The van der Waals surface area contributed by atoms with Gasteiger partial charge in [-0.05, 0) is 50.2 Å². The summed E-state index contributed by atoms with van der Waals surface area (Å²) in [4.78, 5) is 49.7. The lowest BCUT2D eigenvalue weighted by molar-refractivity contribution is -0.146. The Bertz CT molecular complexity index is 790. The van der Waals surface area contributed by atoms with Crippen LogP contribution in [0, 0.1) is 5.92 Å². The number of carbonyl (C=O) groups is 3. The zero-order valence-corrected chi connectivity index (χ0v) is 20.7. The van der Waals surface area contributed by atoms with Crippen molar-refractivity contribution in [1.82, 2.24) is 25.1 Å². The van der Waals surface area contributed by atoms with E-state index in [1.807, 2.05) is 11.2 Å². The van der Waals surface area contributed by atoms with Gasteiger partial charge >= 0.3 is 5.97 Å². The summed E-state index contributed by atoms with van der Waals surface area (Å²) in [7, 11) is 1.35. The molecular formula is C23H37N5O4S. The van der Waals surface area contributed by atoms with E-state index in [0.29, 0.717) is 19.4 Å². The van der Waals surface area contributed by atoms with Gasteiger partial charge in [0, 0.05) is 31.0 Å². The smallest absolute Gasteiger partial charge is 0.328 e. The minimum Gasteiger partial charge on any atom is -0.467 e. The minimum atomic E-state index is -0.631. The summed E-state index contributed by atoms with van der Waals surface area (Å²) in [6.45, 7) is 4.36. The maximum atomic E-state index is 13.4. The summed E-state index contributed by atoms with van der Waals surface area (Å²) in [5.41, 5.74) is 0.814. The van der Waals surface area contributed by atoms with Gasteiger partial charge in [0.05, 0.1) is 25.9 Å². The molecule has 2 aliphatic heterocycles. The van der Waals surface area contributed by atoms with Crippen molar-refractivity contribution in [1.29, 1.82) is 0 Å². The Hall–Kier alpha value is -2.07. The number of H-pyrrole nitrogens is 1. The lowest BCUT2D eigenvalue weighted by Crippen LogP contribution is -2.54. The minimum absolute atomic E-state index is 0.0943. The van der Waals surface area contributed by atoms with Crippen LogP contribution in [-0.4, -0.2) is 94.4 Å². The number of thioether (sulfide) groups is 1. The predicted molar refractivity (Wildman–Crippen MR) is 128 cm³/mol. The second kappa shape index (κ2) is 12.4. The van der Waals surface area contributed by atoms with Crippen molar-refractivity contribution in [2.75, 3.05) is 38.8 Å². The number of esters is 1. The van der Waals surface area contributed by atoms with Crippen molar-refractivity contribution >= 4 is 29.5 Å². The van der Waals surface area contributed by atoms with E-state index in [4.69, 9.17) is 4.74 Å². The number of nitrogens with zero attached hydrogens (tertiary/aromatic N) is 3. The summed E-state index contributed by atoms with van der Waals surface area (Å²) in [6.07, 6.45) is 9.86. The van der Waals surface area contributed by atoms with Crippen LogP contribution in [0.5, 0.6) is 0 Å². The van der Waals surface area contributed by atoms with Crippen molar-refractivity contribution in [2.24, 2.45) is 5.92 Å². The highest BCUT2D eigenvalue weighted by atomic mass is 32.2. The lowest BCUT2D eigenvalue weighted by Gasteiger charge is -2.33. The Morgan fingerprint density at radius 1 is 1.33 bits per heavy atom. The molecule has 33 heavy (non-hydrogen) atoms. The van der Waals surface area contributed by atoms with Gasteiger partial charge in [0.15, 0.2) is 0 Å². The first-order valence-electron chi connectivity index (χ1n) is 11.9. The highest BCUT2D eigenvalue weighted by Crippen LogP contribution is 2.30. The number of aromatic amines is 1. The van der Waals surface area contributed by atoms with Crippen molar-refractivity contribution in [3.8, 4) is 0 Å². The molecule has 0 saturated carbocycles. The van der Waals surface area contributed by atoms with Crippen LogP contribution < -0.4 is 5.32 Å². The Balaban J connectivity index is 1.66. The van der Waals surface area contributed by atoms with Gasteiger partial charge in [-0.3, -0.25) is 14.5 Å². The third-order valence-corrected chi connectivity index (χ3v) is 7.52. The average molecular weight is 480 g/mol. The van der Waals surface area contributed by atoms with Crippen molar-refractivity contribution in [3.63, 3.8) is 0 Å². The van der Waals surface area contributed by atoms with Crippen LogP contribution in [-0.2, 0) is 25.5 Å². The van der Waals surface area contributed by atoms with Crippen LogP contribution in [0.15, 0.2) is 12.5 Å². The fourth-order valence-corrected chi connectivity index (χ4v) is 5.56. The number of aromatic nitrogens is 2. The molecule has 2 amide bonds. The maximum absolute atomic E-state index is 13.4. The van der Waals surface area contributed by atoms with Gasteiger partial charge in [-0.25, -0.2) is 9.78 Å². The topological polar surface area (TPSA) is 108 Å². The maximum Gasteiger partial charge on any atom is 0.328 e. The molecule has 4 atom stereocenters. The van der Waals surface area contributed by atoms with Crippen LogP contribution in [0.3, 0.4) is 0 Å². The van der Waals surface area contributed by atoms with Crippen LogP contribution in [0.25, 0.3) is 0 Å². The normalized spacial score (nSPS) is 24.1. The quantitative estimate of drug-likeness (QED) is 0.463. The van der Waals surface area contributed by atoms with Gasteiger partial charge in [-0.1, -0.05) is 13.3 Å².